The Labute approximate surface area is 171 Å². The van der Waals surface area contributed by atoms with Crippen molar-refractivity contribution in [1.82, 2.24) is 4.90 Å². The van der Waals surface area contributed by atoms with Crippen LogP contribution < -0.4 is 14.2 Å². The van der Waals surface area contributed by atoms with Gasteiger partial charge in [0.25, 0.3) is 0 Å². The second-order valence-electron chi connectivity index (χ2n) is 6.84. The predicted octanol–water partition coefficient (Wildman–Crippen LogP) is 2.01. The molecule has 0 amide bonds. The molecule has 2 N–H and O–H groups in total. The Hall–Kier alpha value is -2.32. The molecule has 0 unspecified atom stereocenters. The van der Waals surface area contributed by atoms with E-state index in [4.69, 9.17) is 24.1 Å². The molecular formula is C22H29NO6. The number of aliphatic hydroxyl groups is 2. The van der Waals surface area contributed by atoms with Crippen LogP contribution in [0.1, 0.15) is 17.2 Å². The first-order chi connectivity index (χ1) is 14.2. The van der Waals surface area contributed by atoms with Gasteiger partial charge in [-0.15, -0.1) is 0 Å². The maximum absolute atomic E-state index is 9.91. The van der Waals surface area contributed by atoms with Crippen molar-refractivity contribution in [3.63, 3.8) is 0 Å². The third-order valence-corrected chi connectivity index (χ3v) is 5.05. The minimum Gasteiger partial charge on any atom is -0.493 e. The number of benzene rings is 2. The van der Waals surface area contributed by atoms with Crippen molar-refractivity contribution in [2.75, 3.05) is 47.2 Å². The summed E-state index contributed by atoms with van der Waals surface area (Å²) in [6.07, 6.45) is -0.325. The summed E-state index contributed by atoms with van der Waals surface area (Å²) in [6.45, 7) is 2.22. The predicted molar refractivity (Wildman–Crippen MR) is 109 cm³/mol. The minimum atomic E-state index is -0.325. The molecule has 7 heteroatoms. The molecule has 0 aromatic heterocycles. The second kappa shape index (κ2) is 10.5. The Balaban J connectivity index is 1.82. The fraction of sp³-hybridized carbons (Fsp3) is 0.455. The van der Waals surface area contributed by atoms with Crippen LogP contribution >= 0.6 is 0 Å². The van der Waals surface area contributed by atoms with Crippen molar-refractivity contribution in [3.05, 3.63) is 53.6 Å². The average Bonchev–Trinajstić information content (AvgIpc) is 2.78. The minimum absolute atomic E-state index is 0.00885. The molecule has 3 rings (SSSR count). The fourth-order valence-electron chi connectivity index (χ4n) is 3.67. The molecular weight excluding hydrogens is 374 g/mol. The molecule has 0 bridgehead atoms. The highest BCUT2D eigenvalue weighted by Gasteiger charge is 2.33. The van der Waals surface area contributed by atoms with E-state index >= 15 is 0 Å². The molecule has 1 aliphatic heterocycles. The molecule has 0 radical (unpaired) electrons. The van der Waals surface area contributed by atoms with E-state index in [1.807, 2.05) is 42.5 Å². The van der Waals surface area contributed by atoms with Crippen LogP contribution in [0.25, 0.3) is 0 Å². The van der Waals surface area contributed by atoms with Crippen LogP contribution in [-0.4, -0.2) is 68.4 Å². The van der Waals surface area contributed by atoms with Gasteiger partial charge < -0.3 is 29.2 Å². The monoisotopic (exact) mass is 403 g/mol. The Morgan fingerprint density at radius 1 is 1.03 bits per heavy atom. The number of nitrogens with zero attached hydrogens (tertiary/aromatic N) is 1. The van der Waals surface area contributed by atoms with Gasteiger partial charge in [0, 0.05) is 13.1 Å². The van der Waals surface area contributed by atoms with E-state index in [0.29, 0.717) is 24.7 Å². The van der Waals surface area contributed by atoms with Crippen molar-refractivity contribution in [1.29, 1.82) is 0 Å². The summed E-state index contributed by atoms with van der Waals surface area (Å²) < 4.78 is 22.1. The summed E-state index contributed by atoms with van der Waals surface area (Å²) in [4.78, 5) is 2.30. The van der Waals surface area contributed by atoms with Gasteiger partial charge in [-0.2, -0.15) is 0 Å². The zero-order valence-corrected chi connectivity index (χ0v) is 16.9. The Morgan fingerprint density at radius 3 is 2.45 bits per heavy atom. The SMILES string of the molecule is COc1ccc([C@@H]2[C@@H](CO)OCCN2Cc2ccc(OCCO)cc2)cc1OC. The highest BCUT2D eigenvalue weighted by atomic mass is 16.5. The van der Waals surface area contributed by atoms with Gasteiger partial charge in [0.1, 0.15) is 18.5 Å². The summed E-state index contributed by atoms with van der Waals surface area (Å²) in [5, 5.41) is 18.8. The molecule has 0 saturated carbocycles. The van der Waals surface area contributed by atoms with E-state index in [-0.39, 0.29) is 32.0 Å². The maximum Gasteiger partial charge on any atom is 0.161 e. The standard InChI is InChI=1S/C22H29NO6/c1-26-19-8-5-17(13-20(19)27-2)22-21(15-25)29-11-9-23(22)14-16-3-6-18(7-4-16)28-12-10-24/h3-8,13,21-22,24-25H,9-12,14-15H2,1-2H3/t21-,22-/m1/s1. The van der Waals surface area contributed by atoms with Crippen molar-refractivity contribution >= 4 is 0 Å². The summed E-state index contributed by atoms with van der Waals surface area (Å²) in [7, 11) is 3.22. The molecule has 1 saturated heterocycles. The molecule has 158 valence electrons. The smallest absolute Gasteiger partial charge is 0.161 e. The number of ether oxygens (including phenoxy) is 4. The highest BCUT2D eigenvalue weighted by molar-refractivity contribution is 5.44. The molecule has 2 aromatic carbocycles. The molecule has 0 spiro atoms. The Morgan fingerprint density at radius 2 is 1.79 bits per heavy atom. The van der Waals surface area contributed by atoms with Gasteiger partial charge in [0.2, 0.25) is 0 Å². The van der Waals surface area contributed by atoms with E-state index in [1.165, 1.54) is 0 Å². The Kier molecular flexibility index (Phi) is 7.71. The maximum atomic E-state index is 9.91. The third-order valence-electron chi connectivity index (χ3n) is 5.05. The first-order valence-corrected chi connectivity index (χ1v) is 9.71. The lowest BCUT2D eigenvalue weighted by molar-refractivity contribution is -0.0961. The fourth-order valence-corrected chi connectivity index (χ4v) is 3.67. The van der Waals surface area contributed by atoms with E-state index < -0.39 is 0 Å². The molecule has 1 heterocycles. The number of morpholine rings is 1. The second-order valence-corrected chi connectivity index (χ2v) is 6.84. The Bertz CT molecular complexity index is 766. The van der Waals surface area contributed by atoms with Crippen LogP contribution in [0.2, 0.25) is 0 Å². The molecule has 1 aliphatic rings. The number of rotatable bonds is 9. The number of aliphatic hydroxyl groups excluding tert-OH is 2. The van der Waals surface area contributed by atoms with Gasteiger partial charge in [-0.3, -0.25) is 4.90 Å². The topological polar surface area (TPSA) is 80.6 Å². The molecule has 2 atom stereocenters. The van der Waals surface area contributed by atoms with Crippen LogP contribution in [0.15, 0.2) is 42.5 Å². The van der Waals surface area contributed by atoms with Crippen LogP contribution in [0.3, 0.4) is 0 Å². The lowest BCUT2D eigenvalue weighted by atomic mass is 9.97. The lowest BCUT2D eigenvalue weighted by Crippen LogP contribution is -2.46. The molecule has 1 fully saturated rings. The largest absolute Gasteiger partial charge is 0.493 e. The summed E-state index contributed by atoms with van der Waals surface area (Å²) in [5.74, 6) is 2.05. The average molecular weight is 403 g/mol. The van der Waals surface area contributed by atoms with Crippen LogP contribution in [0.5, 0.6) is 17.2 Å². The molecule has 0 aliphatic carbocycles. The van der Waals surface area contributed by atoms with Crippen LogP contribution in [-0.2, 0) is 11.3 Å². The number of methoxy groups -OCH3 is 2. The zero-order chi connectivity index (χ0) is 20.6. The molecule has 7 nitrogen and oxygen atoms in total. The number of hydrogen-bond donors (Lipinski definition) is 2. The zero-order valence-electron chi connectivity index (χ0n) is 16.9. The van der Waals surface area contributed by atoms with Crippen molar-refractivity contribution < 1.29 is 29.2 Å². The van der Waals surface area contributed by atoms with E-state index in [2.05, 4.69) is 4.90 Å². The van der Waals surface area contributed by atoms with E-state index in [1.54, 1.807) is 14.2 Å². The summed E-state index contributed by atoms with van der Waals surface area (Å²) in [5.41, 5.74) is 2.13. The van der Waals surface area contributed by atoms with Gasteiger partial charge >= 0.3 is 0 Å². The quantitative estimate of drug-likeness (QED) is 0.663. The van der Waals surface area contributed by atoms with Gasteiger partial charge in [-0.25, -0.2) is 0 Å². The van der Waals surface area contributed by atoms with Gasteiger partial charge in [0.05, 0.1) is 40.1 Å². The van der Waals surface area contributed by atoms with Gasteiger partial charge in [-0.05, 0) is 35.4 Å². The number of hydrogen-bond acceptors (Lipinski definition) is 7. The van der Waals surface area contributed by atoms with Gasteiger partial charge in [-0.1, -0.05) is 18.2 Å². The van der Waals surface area contributed by atoms with Crippen molar-refractivity contribution in [2.24, 2.45) is 0 Å². The van der Waals surface area contributed by atoms with E-state index in [9.17, 15) is 5.11 Å². The van der Waals surface area contributed by atoms with Crippen LogP contribution in [0.4, 0.5) is 0 Å². The highest BCUT2D eigenvalue weighted by Crippen LogP contribution is 2.36. The lowest BCUT2D eigenvalue weighted by Gasteiger charge is -2.41. The molecule has 29 heavy (non-hydrogen) atoms. The third kappa shape index (κ3) is 5.19. The first-order valence-electron chi connectivity index (χ1n) is 9.71. The first kappa shape index (κ1) is 21.4. The van der Waals surface area contributed by atoms with E-state index in [0.717, 1.165) is 23.4 Å². The summed E-state index contributed by atoms with van der Waals surface area (Å²) in [6, 6.07) is 13.5. The van der Waals surface area contributed by atoms with Gasteiger partial charge in [0.15, 0.2) is 11.5 Å². The normalized spacial score (nSPS) is 19.7. The molecule has 2 aromatic rings. The van der Waals surface area contributed by atoms with Crippen molar-refractivity contribution in [3.8, 4) is 17.2 Å². The summed E-state index contributed by atoms with van der Waals surface area (Å²) >= 11 is 0. The van der Waals surface area contributed by atoms with Crippen molar-refractivity contribution in [2.45, 2.75) is 18.7 Å². The van der Waals surface area contributed by atoms with Crippen LogP contribution in [0, 0.1) is 0 Å².